The lowest BCUT2D eigenvalue weighted by atomic mass is 9.81. The van der Waals surface area contributed by atoms with Crippen LogP contribution in [0.4, 0.5) is 10.1 Å². The van der Waals surface area contributed by atoms with E-state index < -0.39 is 0 Å². The summed E-state index contributed by atoms with van der Waals surface area (Å²) in [7, 11) is 0. The SMILES string of the molecule is Cc1cc(NC2CCCC3OCCC23)c2cc(F)ccc2n1. The number of rotatable bonds is 2. The summed E-state index contributed by atoms with van der Waals surface area (Å²) in [6.07, 6.45) is 5.04. The van der Waals surface area contributed by atoms with Crippen LogP contribution in [0.25, 0.3) is 10.9 Å². The fraction of sp³-hybridized carbons (Fsp3) is 0.500. The molecular weight excluding hydrogens is 279 g/mol. The maximum Gasteiger partial charge on any atom is 0.124 e. The standard InChI is InChI=1S/C18H21FN2O/c1-11-9-17(14-10-12(19)5-6-16(14)20-11)21-15-3-2-4-18-13(15)7-8-22-18/h5-6,9-10,13,15,18H,2-4,7-8H2,1H3,(H,20,21). The third-order valence-corrected chi connectivity index (χ3v) is 5.02. The molecule has 3 atom stereocenters. The molecule has 2 aliphatic rings. The fourth-order valence-electron chi connectivity index (χ4n) is 4.00. The normalized spacial score (nSPS) is 27.8. The van der Waals surface area contributed by atoms with Gasteiger partial charge in [-0.15, -0.1) is 0 Å². The van der Waals surface area contributed by atoms with Crippen molar-refractivity contribution in [1.82, 2.24) is 4.98 Å². The van der Waals surface area contributed by atoms with Crippen LogP contribution >= 0.6 is 0 Å². The summed E-state index contributed by atoms with van der Waals surface area (Å²) in [6, 6.07) is 7.25. The molecule has 0 bridgehead atoms. The van der Waals surface area contributed by atoms with Crippen molar-refractivity contribution in [2.75, 3.05) is 11.9 Å². The molecular formula is C18H21FN2O. The van der Waals surface area contributed by atoms with Crippen LogP contribution < -0.4 is 5.32 Å². The minimum absolute atomic E-state index is 0.216. The third-order valence-electron chi connectivity index (χ3n) is 5.02. The number of nitrogens with one attached hydrogen (secondary N) is 1. The van der Waals surface area contributed by atoms with Gasteiger partial charge in [0.1, 0.15) is 5.82 Å². The topological polar surface area (TPSA) is 34.1 Å². The van der Waals surface area contributed by atoms with Crippen molar-refractivity contribution in [2.24, 2.45) is 5.92 Å². The predicted octanol–water partition coefficient (Wildman–Crippen LogP) is 4.05. The van der Waals surface area contributed by atoms with E-state index in [2.05, 4.69) is 10.3 Å². The van der Waals surface area contributed by atoms with Crippen LogP contribution in [0.1, 0.15) is 31.4 Å². The number of benzene rings is 1. The summed E-state index contributed by atoms with van der Waals surface area (Å²) in [6.45, 7) is 2.86. The largest absolute Gasteiger partial charge is 0.381 e. The van der Waals surface area contributed by atoms with E-state index >= 15 is 0 Å². The highest BCUT2D eigenvalue weighted by atomic mass is 19.1. The lowest BCUT2D eigenvalue weighted by Gasteiger charge is -2.34. The average Bonchev–Trinajstić information content (AvgIpc) is 2.97. The van der Waals surface area contributed by atoms with E-state index in [-0.39, 0.29) is 5.82 Å². The van der Waals surface area contributed by atoms with E-state index in [1.807, 2.05) is 13.0 Å². The average molecular weight is 300 g/mol. The first-order chi connectivity index (χ1) is 10.7. The van der Waals surface area contributed by atoms with Crippen LogP contribution in [-0.2, 0) is 4.74 Å². The molecule has 0 radical (unpaired) electrons. The second-order valence-electron chi connectivity index (χ2n) is 6.52. The van der Waals surface area contributed by atoms with Crippen LogP contribution in [0.15, 0.2) is 24.3 Å². The predicted molar refractivity (Wildman–Crippen MR) is 85.5 cm³/mol. The van der Waals surface area contributed by atoms with E-state index in [9.17, 15) is 4.39 Å². The minimum Gasteiger partial charge on any atom is -0.381 e. The van der Waals surface area contributed by atoms with E-state index in [1.54, 1.807) is 12.1 Å². The molecule has 1 aliphatic carbocycles. The van der Waals surface area contributed by atoms with Gasteiger partial charge in [-0.1, -0.05) is 0 Å². The first kappa shape index (κ1) is 13.9. The number of hydrogen-bond acceptors (Lipinski definition) is 3. The van der Waals surface area contributed by atoms with E-state index in [1.165, 1.54) is 18.9 Å². The van der Waals surface area contributed by atoms with Crippen LogP contribution in [0.3, 0.4) is 0 Å². The Labute approximate surface area is 129 Å². The van der Waals surface area contributed by atoms with Gasteiger partial charge in [-0.05, 0) is 56.9 Å². The van der Waals surface area contributed by atoms with Gasteiger partial charge in [0.05, 0.1) is 11.6 Å². The summed E-state index contributed by atoms with van der Waals surface area (Å²) >= 11 is 0. The number of halogens is 1. The number of hydrogen-bond donors (Lipinski definition) is 1. The zero-order valence-corrected chi connectivity index (χ0v) is 12.8. The lowest BCUT2D eigenvalue weighted by molar-refractivity contribution is 0.0620. The molecule has 0 amide bonds. The Morgan fingerprint density at radius 3 is 3.05 bits per heavy atom. The molecule has 2 aromatic rings. The highest BCUT2D eigenvalue weighted by Gasteiger charge is 2.37. The molecule has 1 aromatic heterocycles. The summed E-state index contributed by atoms with van der Waals surface area (Å²) in [5, 5.41) is 4.54. The lowest BCUT2D eigenvalue weighted by Crippen LogP contribution is -2.38. The molecule has 1 N–H and O–H groups in total. The van der Waals surface area contributed by atoms with Crippen LogP contribution in [-0.4, -0.2) is 23.7 Å². The van der Waals surface area contributed by atoms with Crippen molar-refractivity contribution >= 4 is 16.6 Å². The summed E-state index contributed by atoms with van der Waals surface area (Å²) in [5.74, 6) is 0.359. The highest BCUT2D eigenvalue weighted by Crippen LogP contribution is 2.37. The zero-order valence-electron chi connectivity index (χ0n) is 12.8. The summed E-state index contributed by atoms with van der Waals surface area (Å²) in [5.41, 5.74) is 2.80. The quantitative estimate of drug-likeness (QED) is 0.908. The Kier molecular flexibility index (Phi) is 3.49. The molecule has 2 heterocycles. The number of pyridine rings is 1. The van der Waals surface area contributed by atoms with Crippen molar-refractivity contribution in [3.05, 3.63) is 35.8 Å². The van der Waals surface area contributed by atoms with E-state index in [4.69, 9.17) is 4.74 Å². The number of anilines is 1. The van der Waals surface area contributed by atoms with Gasteiger partial charge in [-0.25, -0.2) is 4.39 Å². The van der Waals surface area contributed by atoms with Gasteiger partial charge in [-0.3, -0.25) is 4.98 Å². The van der Waals surface area contributed by atoms with Gasteiger partial charge < -0.3 is 10.1 Å². The minimum atomic E-state index is -0.216. The van der Waals surface area contributed by atoms with E-state index in [0.717, 1.165) is 41.7 Å². The van der Waals surface area contributed by atoms with Gasteiger partial charge in [0.2, 0.25) is 0 Å². The molecule has 4 rings (SSSR count). The first-order valence-electron chi connectivity index (χ1n) is 8.16. The maximum atomic E-state index is 13.6. The smallest absolute Gasteiger partial charge is 0.124 e. The zero-order chi connectivity index (χ0) is 15.1. The number of ether oxygens (including phenoxy) is 1. The third kappa shape index (κ3) is 2.45. The van der Waals surface area contributed by atoms with Crippen LogP contribution in [0, 0.1) is 18.7 Å². The van der Waals surface area contributed by atoms with Gasteiger partial charge in [0.15, 0.2) is 0 Å². The molecule has 22 heavy (non-hydrogen) atoms. The van der Waals surface area contributed by atoms with Crippen LogP contribution in [0.5, 0.6) is 0 Å². The van der Waals surface area contributed by atoms with Gasteiger partial charge in [0, 0.05) is 35.3 Å². The molecule has 2 fully saturated rings. The number of aryl methyl sites for hydroxylation is 1. The van der Waals surface area contributed by atoms with Gasteiger partial charge in [-0.2, -0.15) is 0 Å². The maximum absolute atomic E-state index is 13.6. The molecule has 1 saturated carbocycles. The second-order valence-corrected chi connectivity index (χ2v) is 6.52. The Balaban J connectivity index is 1.70. The Bertz CT molecular complexity index is 703. The Morgan fingerprint density at radius 2 is 2.14 bits per heavy atom. The Morgan fingerprint density at radius 1 is 1.23 bits per heavy atom. The monoisotopic (exact) mass is 300 g/mol. The molecule has 0 spiro atoms. The molecule has 1 aromatic carbocycles. The molecule has 1 aliphatic heterocycles. The van der Waals surface area contributed by atoms with Crippen molar-refractivity contribution in [1.29, 1.82) is 0 Å². The van der Waals surface area contributed by atoms with Crippen molar-refractivity contribution < 1.29 is 9.13 Å². The van der Waals surface area contributed by atoms with Crippen molar-refractivity contribution in [3.63, 3.8) is 0 Å². The first-order valence-corrected chi connectivity index (χ1v) is 8.16. The van der Waals surface area contributed by atoms with Crippen molar-refractivity contribution in [2.45, 2.75) is 44.8 Å². The molecule has 4 heteroatoms. The molecule has 1 saturated heterocycles. The van der Waals surface area contributed by atoms with E-state index in [0.29, 0.717) is 18.1 Å². The number of fused-ring (bicyclic) bond motifs is 2. The fourth-order valence-corrected chi connectivity index (χ4v) is 4.00. The summed E-state index contributed by atoms with van der Waals surface area (Å²) in [4.78, 5) is 4.51. The second kappa shape index (κ2) is 5.51. The Hall–Kier alpha value is -1.68. The number of nitrogens with zero attached hydrogens (tertiary/aromatic N) is 1. The number of aromatic nitrogens is 1. The van der Waals surface area contributed by atoms with Crippen LogP contribution in [0.2, 0.25) is 0 Å². The summed E-state index contributed by atoms with van der Waals surface area (Å²) < 4.78 is 19.5. The molecule has 3 unspecified atom stereocenters. The van der Waals surface area contributed by atoms with Crippen molar-refractivity contribution in [3.8, 4) is 0 Å². The molecule has 116 valence electrons. The molecule has 3 nitrogen and oxygen atoms in total. The highest BCUT2D eigenvalue weighted by molar-refractivity contribution is 5.91. The van der Waals surface area contributed by atoms with Gasteiger partial charge >= 0.3 is 0 Å². The van der Waals surface area contributed by atoms with Gasteiger partial charge in [0.25, 0.3) is 0 Å².